The highest BCUT2D eigenvalue weighted by Crippen LogP contribution is 2.31. The minimum absolute atomic E-state index is 0.178. The summed E-state index contributed by atoms with van der Waals surface area (Å²) in [5, 5.41) is 0. The third-order valence-electron chi connectivity index (χ3n) is 4.90. The van der Waals surface area contributed by atoms with Gasteiger partial charge in [-0.05, 0) is 62.3 Å². The summed E-state index contributed by atoms with van der Waals surface area (Å²) < 4.78 is 0. The van der Waals surface area contributed by atoms with E-state index in [9.17, 15) is 4.79 Å². The summed E-state index contributed by atoms with van der Waals surface area (Å²) in [6.07, 6.45) is 9.39. The van der Waals surface area contributed by atoms with Crippen molar-refractivity contribution in [1.29, 1.82) is 0 Å². The molecule has 2 aliphatic rings. The average molecular weight is 271 g/mol. The van der Waals surface area contributed by atoms with E-state index < -0.39 is 0 Å². The lowest BCUT2D eigenvalue weighted by atomic mass is 9.88. The number of Topliss-reactive ketones (excluding diaryl/α,β-unsaturated/α-hetero) is 1. The highest BCUT2D eigenvalue weighted by Gasteiger charge is 2.22. The summed E-state index contributed by atoms with van der Waals surface area (Å²) >= 11 is 0. The molecule has 3 rings (SSSR count). The van der Waals surface area contributed by atoms with Crippen LogP contribution in [0.1, 0.15) is 61.4 Å². The number of nitrogens with zero attached hydrogens (tertiary/aromatic N) is 1. The molecule has 0 aromatic heterocycles. The maximum atomic E-state index is 11.5. The molecule has 20 heavy (non-hydrogen) atoms. The Morgan fingerprint density at radius 1 is 1.20 bits per heavy atom. The SMILES string of the molecule is CC(=O)c1ccc2c(c1)CCCN2CC1CCCCC1. The number of hydrogen-bond donors (Lipinski definition) is 0. The molecule has 2 heteroatoms. The van der Waals surface area contributed by atoms with Crippen molar-refractivity contribution in [2.45, 2.75) is 51.9 Å². The summed E-state index contributed by atoms with van der Waals surface area (Å²) in [6, 6.07) is 6.29. The van der Waals surface area contributed by atoms with Crippen molar-refractivity contribution >= 4 is 11.5 Å². The van der Waals surface area contributed by atoms with Gasteiger partial charge in [-0.3, -0.25) is 4.79 Å². The van der Waals surface area contributed by atoms with Gasteiger partial charge in [0, 0.05) is 24.3 Å². The summed E-state index contributed by atoms with van der Waals surface area (Å²) in [4.78, 5) is 14.1. The molecule has 0 N–H and O–H groups in total. The van der Waals surface area contributed by atoms with E-state index in [1.807, 2.05) is 6.07 Å². The number of ketones is 1. The average Bonchev–Trinajstić information content (AvgIpc) is 2.48. The van der Waals surface area contributed by atoms with E-state index in [1.165, 1.54) is 62.9 Å². The number of hydrogen-bond acceptors (Lipinski definition) is 2. The monoisotopic (exact) mass is 271 g/mol. The van der Waals surface area contributed by atoms with Crippen molar-refractivity contribution in [2.24, 2.45) is 5.92 Å². The third-order valence-corrected chi connectivity index (χ3v) is 4.90. The third kappa shape index (κ3) is 2.89. The Kier molecular flexibility index (Phi) is 4.09. The van der Waals surface area contributed by atoms with Crippen molar-refractivity contribution in [1.82, 2.24) is 0 Å². The highest BCUT2D eigenvalue weighted by molar-refractivity contribution is 5.94. The first kappa shape index (κ1) is 13.7. The lowest BCUT2D eigenvalue weighted by molar-refractivity contribution is 0.101. The number of carbonyl (C=O) groups excluding carboxylic acids is 1. The Balaban J connectivity index is 1.77. The van der Waals surface area contributed by atoms with Gasteiger partial charge in [0.2, 0.25) is 0 Å². The summed E-state index contributed by atoms with van der Waals surface area (Å²) in [5.74, 6) is 1.05. The number of aryl methyl sites for hydroxylation is 1. The zero-order chi connectivity index (χ0) is 13.9. The molecule has 0 spiro atoms. The predicted octanol–water partition coefficient (Wildman–Crippen LogP) is 4.22. The van der Waals surface area contributed by atoms with Gasteiger partial charge in [0.25, 0.3) is 0 Å². The lowest BCUT2D eigenvalue weighted by Gasteiger charge is -2.35. The van der Waals surface area contributed by atoms with E-state index >= 15 is 0 Å². The number of rotatable bonds is 3. The minimum atomic E-state index is 0.178. The molecule has 108 valence electrons. The van der Waals surface area contributed by atoms with Gasteiger partial charge in [0.1, 0.15) is 0 Å². The van der Waals surface area contributed by atoms with Gasteiger partial charge < -0.3 is 4.90 Å². The van der Waals surface area contributed by atoms with Gasteiger partial charge in [0.15, 0.2) is 5.78 Å². The smallest absolute Gasteiger partial charge is 0.159 e. The topological polar surface area (TPSA) is 20.3 Å². The summed E-state index contributed by atoms with van der Waals surface area (Å²) in [6.45, 7) is 4.06. The molecule has 0 saturated heterocycles. The lowest BCUT2D eigenvalue weighted by Crippen LogP contribution is -2.34. The van der Waals surface area contributed by atoms with E-state index in [-0.39, 0.29) is 5.78 Å². The Morgan fingerprint density at radius 3 is 2.75 bits per heavy atom. The summed E-state index contributed by atoms with van der Waals surface area (Å²) in [7, 11) is 0. The first-order valence-electron chi connectivity index (χ1n) is 8.13. The second-order valence-electron chi connectivity index (χ2n) is 6.45. The number of anilines is 1. The first-order valence-corrected chi connectivity index (χ1v) is 8.13. The fraction of sp³-hybridized carbons (Fsp3) is 0.611. The molecule has 0 amide bonds. The number of fused-ring (bicyclic) bond motifs is 1. The van der Waals surface area contributed by atoms with Crippen molar-refractivity contribution in [2.75, 3.05) is 18.0 Å². The summed E-state index contributed by atoms with van der Waals surface area (Å²) in [5.41, 5.74) is 3.62. The zero-order valence-electron chi connectivity index (χ0n) is 12.5. The Bertz CT molecular complexity index is 488. The van der Waals surface area contributed by atoms with Crippen LogP contribution >= 0.6 is 0 Å². The van der Waals surface area contributed by atoms with Crippen molar-refractivity contribution in [3.8, 4) is 0 Å². The molecule has 1 saturated carbocycles. The van der Waals surface area contributed by atoms with Gasteiger partial charge in [0.05, 0.1) is 0 Å². The van der Waals surface area contributed by atoms with Crippen LogP contribution in [-0.2, 0) is 6.42 Å². The molecule has 1 aromatic carbocycles. The first-order chi connectivity index (χ1) is 9.74. The standard InChI is InChI=1S/C18H25NO/c1-14(20)16-9-10-18-17(12-16)8-5-11-19(18)13-15-6-3-2-4-7-15/h9-10,12,15H,2-8,11,13H2,1H3. The molecule has 1 aromatic rings. The molecule has 1 heterocycles. The molecule has 2 nitrogen and oxygen atoms in total. The van der Waals surface area contributed by atoms with E-state index in [1.54, 1.807) is 6.92 Å². The molecule has 0 radical (unpaired) electrons. The highest BCUT2D eigenvalue weighted by atomic mass is 16.1. The maximum absolute atomic E-state index is 11.5. The van der Waals surface area contributed by atoms with Crippen LogP contribution < -0.4 is 4.90 Å². The minimum Gasteiger partial charge on any atom is -0.371 e. The van der Waals surface area contributed by atoms with Crippen LogP contribution in [0.3, 0.4) is 0 Å². The van der Waals surface area contributed by atoms with Gasteiger partial charge in [-0.15, -0.1) is 0 Å². The van der Waals surface area contributed by atoms with Gasteiger partial charge in [-0.2, -0.15) is 0 Å². The molecular weight excluding hydrogens is 246 g/mol. The van der Waals surface area contributed by atoms with E-state index in [0.29, 0.717) is 0 Å². The van der Waals surface area contributed by atoms with Crippen molar-refractivity contribution < 1.29 is 4.79 Å². The Hall–Kier alpha value is -1.31. The Labute approximate surface area is 122 Å². The van der Waals surface area contributed by atoms with Crippen LogP contribution in [-0.4, -0.2) is 18.9 Å². The Morgan fingerprint density at radius 2 is 2.00 bits per heavy atom. The van der Waals surface area contributed by atoms with Crippen molar-refractivity contribution in [3.05, 3.63) is 29.3 Å². The zero-order valence-corrected chi connectivity index (χ0v) is 12.5. The van der Waals surface area contributed by atoms with Crippen LogP contribution in [0.15, 0.2) is 18.2 Å². The molecule has 1 aliphatic heterocycles. The van der Waals surface area contributed by atoms with Crippen LogP contribution in [0, 0.1) is 5.92 Å². The van der Waals surface area contributed by atoms with Crippen LogP contribution in [0.25, 0.3) is 0 Å². The molecule has 1 fully saturated rings. The van der Waals surface area contributed by atoms with E-state index in [0.717, 1.165) is 17.9 Å². The van der Waals surface area contributed by atoms with Crippen molar-refractivity contribution in [3.63, 3.8) is 0 Å². The van der Waals surface area contributed by atoms with Gasteiger partial charge in [-0.25, -0.2) is 0 Å². The second-order valence-corrected chi connectivity index (χ2v) is 6.45. The van der Waals surface area contributed by atoms with Crippen LogP contribution in [0.2, 0.25) is 0 Å². The van der Waals surface area contributed by atoms with Crippen LogP contribution in [0.4, 0.5) is 5.69 Å². The largest absolute Gasteiger partial charge is 0.371 e. The quantitative estimate of drug-likeness (QED) is 0.767. The van der Waals surface area contributed by atoms with Gasteiger partial charge in [-0.1, -0.05) is 19.3 Å². The predicted molar refractivity (Wildman–Crippen MR) is 83.6 cm³/mol. The fourth-order valence-electron chi connectivity index (χ4n) is 3.77. The van der Waals surface area contributed by atoms with Crippen LogP contribution in [0.5, 0.6) is 0 Å². The molecular formula is C18H25NO. The molecule has 0 unspecified atom stereocenters. The number of carbonyl (C=O) groups is 1. The molecule has 1 aliphatic carbocycles. The molecule has 0 atom stereocenters. The normalized spacial score (nSPS) is 19.8. The maximum Gasteiger partial charge on any atom is 0.159 e. The fourth-order valence-corrected chi connectivity index (χ4v) is 3.77. The number of benzene rings is 1. The van der Waals surface area contributed by atoms with E-state index in [4.69, 9.17) is 0 Å². The second kappa shape index (κ2) is 5.99. The van der Waals surface area contributed by atoms with Gasteiger partial charge >= 0.3 is 0 Å². The molecule has 0 bridgehead atoms. The van der Waals surface area contributed by atoms with E-state index in [2.05, 4.69) is 17.0 Å².